The molecule has 0 amide bonds. The van der Waals surface area contributed by atoms with Crippen LogP contribution >= 0.6 is 0 Å². The molecule has 2 aromatic carbocycles. The Morgan fingerprint density at radius 3 is 2.37 bits per heavy atom. The van der Waals surface area contributed by atoms with Crippen LogP contribution < -0.4 is 5.32 Å². The molecule has 0 saturated heterocycles. The van der Waals surface area contributed by atoms with Crippen LogP contribution in [0.3, 0.4) is 0 Å². The van der Waals surface area contributed by atoms with Gasteiger partial charge in [-0.15, -0.1) is 0 Å². The summed E-state index contributed by atoms with van der Waals surface area (Å²) in [6.45, 7) is 3.32. The van der Waals surface area contributed by atoms with Crippen LogP contribution in [0.4, 0.5) is 0 Å². The molecule has 0 radical (unpaired) electrons. The summed E-state index contributed by atoms with van der Waals surface area (Å²) in [6.07, 6.45) is 2.37. The number of hydrogen-bond acceptors (Lipinski definition) is 1. The topological polar surface area (TPSA) is 12.0 Å². The van der Waals surface area contributed by atoms with E-state index in [9.17, 15) is 0 Å². The standard InChI is InChI=1S/C18H21N/c1-2-12-19-18-13-17(14-8-4-3-5-9-14)15-10-6-7-11-16(15)18/h3-11,17-19H,2,12-13H2,1H3/t17-,18+/m0/s1. The molecule has 0 fully saturated rings. The van der Waals surface area contributed by atoms with Crippen molar-refractivity contribution in [1.82, 2.24) is 5.32 Å². The maximum Gasteiger partial charge on any atom is 0.0332 e. The van der Waals surface area contributed by atoms with Crippen molar-refractivity contribution in [3.05, 3.63) is 71.3 Å². The molecule has 0 heterocycles. The second-order valence-corrected chi connectivity index (χ2v) is 5.33. The highest BCUT2D eigenvalue weighted by atomic mass is 14.9. The van der Waals surface area contributed by atoms with Gasteiger partial charge in [-0.1, -0.05) is 61.5 Å². The molecule has 0 unspecified atom stereocenters. The van der Waals surface area contributed by atoms with Gasteiger partial charge < -0.3 is 5.32 Å². The first-order valence-electron chi connectivity index (χ1n) is 7.27. The van der Waals surface area contributed by atoms with Crippen LogP contribution in [0.2, 0.25) is 0 Å². The van der Waals surface area contributed by atoms with Crippen LogP contribution in [0.5, 0.6) is 0 Å². The van der Waals surface area contributed by atoms with E-state index in [1.165, 1.54) is 29.5 Å². The molecule has 1 N–H and O–H groups in total. The SMILES string of the molecule is CCCN[C@@H]1C[C@@H](c2ccccc2)c2ccccc21. The van der Waals surface area contributed by atoms with E-state index >= 15 is 0 Å². The lowest BCUT2D eigenvalue weighted by Crippen LogP contribution is -2.20. The molecule has 0 spiro atoms. The van der Waals surface area contributed by atoms with E-state index in [0.717, 1.165) is 6.54 Å². The molecule has 19 heavy (non-hydrogen) atoms. The summed E-state index contributed by atoms with van der Waals surface area (Å²) < 4.78 is 0. The molecule has 1 heteroatoms. The van der Waals surface area contributed by atoms with Crippen molar-refractivity contribution >= 4 is 0 Å². The van der Waals surface area contributed by atoms with Crippen molar-refractivity contribution in [3.8, 4) is 0 Å². The maximum atomic E-state index is 3.69. The van der Waals surface area contributed by atoms with Gasteiger partial charge in [0.25, 0.3) is 0 Å². The lowest BCUT2D eigenvalue weighted by atomic mass is 9.93. The molecule has 2 atom stereocenters. The van der Waals surface area contributed by atoms with E-state index < -0.39 is 0 Å². The first-order chi connectivity index (χ1) is 9.40. The van der Waals surface area contributed by atoms with Gasteiger partial charge in [0.15, 0.2) is 0 Å². The van der Waals surface area contributed by atoms with Crippen molar-refractivity contribution < 1.29 is 0 Å². The Kier molecular flexibility index (Phi) is 3.65. The largest absolute Gasteiger partial charge is 0.310 e. The van der Waals surface area contributed by atoms with Gasteiger partial charge in [-0.05, 0) is 36.1 Å². The van der Waals surface area contributed by atoms with E-state index in [0.29, 0.717) is 12.0 Å². The van der Waals surface area contributed by atoms with Crippen LogP contribution in [0, 0.1) is 0 Å². The highest BCUT2D eigenvalue weighted by Gasteiger charge is 2.30. The number of benzene rings is 2. The summed E-state index contributed by atoms with van der Waals surface area (Å²) in [5.74, 6) is 0.548. The molecule has 3 rings (SSSR count). The van der Waals surface area contributed by atoms with Gasteiger partial charge >= 0.3 is 0 Å². The van der Waals surface area contributed by atoms with Crippen molar-refractivity contribution in [1.29, 1.82) is 0 Å². The number of nitrogens with one attached hydrogen (secondary N) is 1. The predicted octanol–water partition coefficient (Wildman–Crippen LogP) is 4.26. The average molecular weight is 251 g/mol. The van der Waals surface area contributed by atoms with Crippen LogP contribution in [0.1, 0.15) is 48.4 Å². The predicted molar refractivity (Wildman–Crippen MR) is 80.4 cm³/mol. The molecule has 0 aliphatic heterocycles. The first kappa shape index (κ1) is 12.4. The average Bonchev–Trinajstić information content (AvgIpc) is 2.85. The minimum absolute atomic E-state index is 0.515. The smallest absolute Gasteiger partial charge is 0.0332 e. The minimum atomic E-state index is 0.515. The fourth-order valence-electron chi connectivity index (χ4n) is 3.15. The van der Waals surface area contributed by atoms with Gasteiger partial charge in [-0.25, -0.2) is 0 Å². The van der Waals surface area contributed by atoms with Crippen LogP contribution in [-0.4, -0.2) is 6.54 Å². The molecule has 1 aliphatic carbocycles. The third-order valence-electron chi connectivity index (χ3n) is 4.06. The van der Waals surface area contributed by atoms with Gasteiger partial charge in [0.1, 0.15) is 0 Å². The Hall–Kier alpha value is -1.60. The monoisotopic (exact) mass is 251 g/mol. The summed E-state index contributed by atoms with van der Waals surface area (Å²) in [5, 5.41) is 3.69. The van der Waals surface area contributed by atoms with Gasteiger partial charge in [0.2, 0.25) is 0 Å². The van der Waals surface area contributed by atoms with Gasteiger partial charge in [-0.2, -0.15) is 0 Å². The van der Waals surface area contributed by atoms with Gasteiger partial charge in [0.05, 0.1) is 0 Å². The Bertz CT molecular complexity index is 532. The van der Waals surface area contributed by atoms with Crippen LogP contribution in [0.15, 0.2) is 54.6 Å². The van der Waals surface area contributed by atoms with E-state index in [1.54, 1.807) is 0 Å². The minimum Gasteiger partial charge on any atom is -0.310 e. The molecule has 1 aliphatic rings. The van der Waals surface area contributed by atoms with Crippen molar-refractivity contribution in [3.63, 3.8) is 0 Å². The molecular weight excluding hydrogens is 230 g/mol. The highest BCUT2D eigenvalue weighted by molar-refractivity contribution is 5.44. The zero-order valence-electron chi connectivity index (χ0n) is 11.5. The molecule has 98 valence electrons. The molecule has 0 saturated carbocycles. The Morgan fingerprint density at radius 2 is 1.63 bits per heavy atom. The van der Waals surface area contributed by atoms with E-state index in [1.807, 2.05) is 0 Å². The zero-order chi connectivity index (χ0) is 13.1. The van der Waals surface area contributed by atoms with Gasteiger partial charge in [-0.3, -0.25) is 0 Å². The van der Waals surface area contributed by atoms with Gasteiger partial charge in [0, 0.05) is 12.0 Å². The lowest BCUT2D eigenvalue weighted by Gasteiger charge is -2.14. The third kappa shape index (κ3) is 2.43. The molecule has 0 bridgehead atoms. The Morgan fingerprint density at radius 1 is 0.947 bits per heavy atom. The fraction of sp³-hybridized carbons (Fsp3) is 0.333. The normalized spacial score (nSPS) is 21.3. The second kappa shape index (κ2) is 5.58. The third-order valence-corrected chi connectivity index (χ3v) is 4.06. The summed E-state index contributed by atoms with van der Waals surface area (Å²) in [7, 11) is 0. The number of rotatable bonds is 4. The molecule has 1 nitrogen and oxygen atoms in total. The number of hydrogen-bond donors (Lipinski definition) is 1. The fourth-order valence-corrected chi connectivity index (χ4v) is 3.15. The molecule has 0 aromatic heterocycles. The maximum absolute atomic E-state index is 3.69. The van der Waals surface area contributed by atoms with E-state index in [-0.39, 0.29) is 0 Å². The molecular formula is C18H21N. The van der Waals surface area contributed by atoms with E-state index in [4.69, 9.17) is 0 Å². The second-order valence-electron chi connectivity index (χ2n) is 5.33. The van der Waals surface area contributed by atoms with Crippen molar-refractivity contribution in [2.24, 2.45) is 0 Å². The van der Waals surface area contributed by atoms with Crippen molar-refractivity contribution in [2.45, 2.75) is 31.7 Å². The van der Waals surface area contributed by atoms with E-state index in [2.05, 4.69) is 66.8 Å². The van der Waals surface area contributed by atoms with Crippen molar-refractivity contribution in [2.75, 3.05) is 6.54 Å². The summed E-state index contributed by atoms with van der Waals surface area (Å²) in [5.41, 5.74) is 4.43. The number of fused-ring (bicyclic) bond motifs is 1. The zero-order valence-corrected chi connectivity index (χ0v) is 11.5. The Labute approximate surface area is 115 Å². The Balaban J connectivity index is 1.92. The first-order valence-corrected chi connectivity index (χ1v) is 7.27. The highest BCUT2D eigenvalue weighted by Crippen LogP contribution is 2.43. The quantitative estimate of drug-likeness (QED) is 0.856. The summed E-state index contributed by atoms with van der Waals surface area (Å²) in [6, 6.07) is 20.3. The van der Waals surface area contributed by atoms with Crippen LogP contribution in [-0.2, 0) is 0 Å². The van der Waals surface area contributed by atoms with Crippen LogP contribution in [0.25, 0.3) is 0 Å². The summed E-state index contributed by atoms with van der Waals surface area (Å²) >= 11 is 0. The molecule has 2 aromatic rings. The summed E-state index contributed by atoms with van der Waals surface area (Å²) in [4.78, 5) is 0. The lowest BCUT2D eigenvalue weighted by molar-refractivity contribution is 0.513.